The van der Waals surface area contributed by atoms with Crippen LogP contribution in [0.3, 0.4) is 0 Å². The van der Waals surface area contributed by atoms with Crippen LogP contribution in [0.4, 0.5) is 0 Å². The summed E-state index contributed by atoms with van der Waals surface area (Å²) in [5, 5.41) is 5.01. The smallest absolute Gasteiger partial charge is 0.234 e. The van der Waals surface area contributed by atoms with Gasteiger partial charge in [0.15, 0.2) is 0 Å². The fraction of sp³-hybridized carbons (Fsp3) is 0.643. The highest BCUT2D eigenvalue weighted by molar-refractivity contribution is 7.09. The monoisotopic (exact) mass is 281 g/mol. The average Bonchev–Trinajstić information content (AvgIpc) is 2.90. The van der Waals surface area contributed by atoms with Crippen LogP contribution >= 0.6 is 11.3 Å². The highest BCUT2D eigenvalue weighted by Crippen LogP contribution is 2.22. The van der Waals surface area contributed by atoms with Crippen LogP contribution in [0.15, 0.2) is 17.5 Å². The summed E-state index contributed by atoms with van der Waals surface area (Å²) in [4.78, 5) is 15.4. The molecule has 2 atom stereocenters. The minimum absolute atomic E-state index is 0.0981. The zero-order valence-corrected chi connectivity index (χ0v) is 12.3. The van der Waals surface area contributed by atoms with Crippen LogP contribution in [0, 0.1) is 5.92 Å². The van der Waals surface area contributed by atoms with Crippen LogP contribution < -0.4 is 11.1 Å². The number of piperidine rings is 1. The van der Waals surface area contributed by atoms with Gasteiger partial charge in [0.05, 0.1) is 13.1 Å². The van der Waals surface area contributed by atoms with Gasteiger partial charge >= 0.3 is 0 Å². The summed E-state index contributed by atoms with van der Waals surface area (Å²) in [5.41, 5.74) is 5.84. The molecule has 0 radical (unpaired) electrons. The number of hydrogen-bond donors (Lipinski definition) is 2. The fourth-order valence-corrected chi connectivity index (χ4v) is 3.40. The lowest BCUT2D eigenvalue weighted by atomic mass is 9.91. The molecule has 19 heavy (non-hydrogen) atoms. The lowest BCUT2D eigenvalue weighted by Gasteiger charge is -2.38. The number of likely N-dealkylation sites (tertiary alicyclic amines) is 1. The molecule has 2 unspecified atom stereocenters. The molecule has 0 aromatic carbocycles. The van der Waals surface area contributed by atoms with E-state index in [0.717, 1.165) is 13.0 Å². The molecule has 1 aliphatic heterocycles. The number of amides is 1. The molecular formula is C14H23N3OS. The summed E-state index contributed by atoms with van der Waals surface area (Å²) < 4.78 is 0. The number of thiophene rings is 1. The van der Waals surface area contributed by atoms with Crippen LogP contribution in [0.2, 0.25) is 0 Å². The molecule has 1 saturated heterocycles. The summed E-state index contributed by atoms with van der Waals surface area (Å²) in [6.45, 7) is 4.95. The zero-order valence-electron chi connectivity index (χ0n) is 11.5. The van der Waals surface area contributed by atoms with Gasteiger partial charge < -0.3 is 11.1 Å². The lowest BCUT2D eigenvalue weighted by molar-refractivity contribution is -0.123. The molecule has 1 aromatic rings. The summed E-state index contributed by atoms with van der Waals surface area (Å²) in [6.07, 6.45) is 2.38. The van der Waals surface area contributed by atoms with Crippen LogP contribution in [-0.4, -0.2) is 36.5 Å². The normalized spacial score (nSPS) is 24.3. The number of nitrogens with two attached hydrogens (primary N) is 1. The molecule has 1 aromatic heterocycles. The Balaban J connectivity index is 1.80. The number of nitrogens with zero attached hydrogens (tertiary/aromatic N) is 1. The standard InChI is InChI=1S/C14H23N3OS/c1-11-4-2-6-17(13(11)8-15)10-14(18)16-9-12-5-3-7-19-12/h3,5,7,11,13H,2,4,6,8-10,15H2,1H3,(H,16,18). The molecule has 5 heteroatoms. The van der Waals surface area contributed by atoms with Crippen molar-refractivity contribution in [3.63, 3.8) is 0 Å². The van der Waals surface area contributed by atoms with Crippen molar-refractivity contribution in [2.45, 2.75) is 32.4 Å². The van der Waals surface area contributed by atoms with Gasteiger partial charge in [-0.1, -0.05) is 13.0 Å². The topological polar surface area (TPSA) is 58.4 Å². The van der Waals surface area contributed by atoms with Crippen LogP contribution in [0.5, 0.6) is 0 Å². The third-order valence-electron chi connectivity index (χ3n) is 3.86. The minimum Gasteiger partial charge on any atom is -0.350 e. The van der Waals surface area contributed by atoms with E-state index in [1.807, 2.05) is 17.5 Å². The first kappa shape index (κ1) is 14.5. The van der Waals surface area contributed by atoms with Gasteiger partial charge in [0.25, 0.3) is 0 Å². The average molecular weight is 281 g/mol. The second-order valence-electron chi connectivity index (χ2n) is 5.25. The van der Waals surface area contributed by atoms with E-state index in [1.54, 1.807) is 11.3 Å². The molecule has 106 valence electrons. The van der Waals surface area contributed by atoms with Gasteiger partial charge in [0, 0.05) is 17.5 Å². The van der Waals surface area contributed by atoms with Gasteiger partial charge in [-0.3, -0.25) is 9.69 Å². The van der Waals surface area contributed by atoms with E-state index in [9.17, 15) is 4.79 Å². The van der Waals surface area contributed by atoms with Gasteiger partial charge in [0.1, 0.15) is 0 Å². The van der Waals surface area contributed by atoms with E-state index >= 15 is 0 Å². The van der Waals surface area contributed by atoms with E-state index < -0.39 is 0 Å². The van der Waals surface area contributed by atoms with E-state index in [2.05, 4.69) is 17.1 Å². The molecule has 1 aliphatic rings. The zero-order chi connectivity index (χ0) is 13.7. The van der Waals surface area contributed by atoms with E-state index in [0.29, 0.717) is 31.6 Å². The molecular weight excluding hydrogens is 258 g/mol. The van der Waals surface area contributed by atoms with E-state index in [-0.39, 0.29) is 5.91 Å². The predicted octanol–water partition coefficient (Wildman–Crippen LogP) is 1.42. The molecule has 0 saturated carbocycles. The Bertz CT molecular complexity index is 393. The van der Waals surface area contributed by atoms with Crippen molar-refractivity contribution in [3.05, 3.63) is 22.4 Å². The molecule has 1 amide bonds. The lowest BCUT2D eigenvalue weighted by Crippen LogP contribution is -2.51. The van der Waals surface area contributed by atoms with Crippen molar-refractivity contribution in [1.82, 2.24) is 10.2 Å². The number of carbonyl (C=O) groups excluding carboxylic acids is 1. The quantitative estimate of drug-likeness (QED) is 0.858. The Morgan fingerprint density at radius 3 is 3.16 bits per heavy atom. The Hall–Kier alpha value is -0.910. The first-order valence-corrected chi connectivity index (χ1v) is 7.82. The first-order chi connectivity index (χ1) is 9.20. The van der Waals surface area contributed by atoms with Crippen molar-refractivity contribution in [3.8, 4) is 0 Å². The Kier molecular flexibility index (Phi) is 5.36. The molecule has 3 N–H and O–H groups in total. The molecule has 0 aliphatic carbocycles. The highest BCUT2D eigenvalue weighted by atomic mass is 32.1. The predicted molar refractivity (Wildman–Crippen MR) is 79.0 cm³/mol. The fourth-order valence-electron chi connectivity index (χ4n) is 2.75. The van der Waals surface area contributed by atoms with Gasteiger partial charge in [-0.2, -0.15) is 0 Å². The third kappa shape index (κ3) is 4.03. The van der Waals surface area contributed by atoms with Crippen molar-refractivity contribution in [2.75, 3.05) is 19.6 Å². The van der Waals surface area contributed by atoms with Crippen molar-refractivity contribution >= 4 is 17.2 Å². The molecule has 0 spiro atoms. The van der Waals surface area contributed by atoms with Gasteiger partial charge in [-0.05, 0) is 36.8 Å². The highest BCUT2D eigenvalue weighted by Gasteiger charge is 2.28. The van der Waals surface area contributed by atoms with Gasteiger partial charge in [0.2, 0.25) is 5.91 Å². The maximum absolute atomic E-state index is 12.0. The molecule has 0 bridgehead atoms. The van der Waals surface area contributed by atoms with Crippen molar-refractivity contribution in [1.29, 1.82) is 0 Å². The Morgan fingerprint density at radius 2 is 2.47 bits per heavy atom. The van der Waals surface area contributed by atoms with Crippen LogP contribution in [0.25, 0.3) is 0 Å². The number of hydrogen-bond acceptors (Lipinski definition) is 4. The van der Waals surface area contributed by atoms with Crippen molar-refractivity contribution in [2.24, 2.45) is 11.7 Å². The minimum atomic E-state index is 0.0981. The maximum atomic E-state index is 12.0. The van der Waals surface area contributed by atoms with E-state index in [4.69, 9.17) is 5.73 Å². The number of rotatable bonds is 5. The van der Waals surface area contributed by atoms with Crippen LogP contribution in [0.1, 0.15) is 24.6 Å². The van der Waals surface area contributed by atoms with Crippen LogP contribution in [-0.2, 0) is 11.3 Å². The van der Waals surface area contributed by atoms with E-state index in [1.165, 1.54) is 11.3 Å². The first-order valence-electron chi connectivity index (χ1n) is 6.94. The second kappa shape index (κ2) is 7.03. The summed E-state index contributed by atoms with van der Waals surface area (Å²) in [6, 6.07) is 4.39. The summed E-state index contributed by atoms with van der Waals surface area (Å²) in [7, 11) is 0. The van der Waals surface area contributed by atoms with Gasteiger partial charge in [-0.15, -0.1) is 11.3 Å². The number of carbonyl (C=O) groups is 1. The molecule has 2 rings (SSSR count). The Labute approximate surface area is 119 Å². The summed E-state index contributed by atoms with van der Waals surface area (Å²) >= 11 is 1.67. The number of nitrogens with one attached hydrogen (secondary N) is 1. The molecule has 4 nitrogen and oxygen atoms in total. The van der Waals surface area contributed by atoms with Crippen molar-refractivity contribution < 1.29 is 4.79 Å². The SMILES string of the molecule is CC1CCCN(CC(=O)NCc2cccs2)C1CN. The molecule has 2 heterocycles. The maximum Gasteiger partial charge on any atom is 0.234 e. The second-order valence-corrected chi connectivity index (χ2v) is 6.28. The van der Waals surface area contributed by atoms with Gasteiger partial charge in [-0.25, -0.2) is 0 Å². The molecule has 1 fully saturated rings. The summed E-state index contributed by atoms with van der Waals surface area (Å²) in [5.74, 6) is 0.685. The Morgan fingerprint density at radius 1 is 1.63 bits per heavy atom. The third-order valence-corrected chi connectivity index (χ3v) is 4.74. The largest absolute Gasteiger partial charge is 0.350 e.